The van der Waals surface area contributed by atoms with Gasteiger partial charge in [0.15, 0.2) is 0 Å². The predicted octanol–water partition coefficient (Wildman–Crippen LogP) is 4.54. The summed E-state index contributed by atoms with van der Waals surface area (Å²) in [5.41, 5.74) is 0. The molecule has 1 saturated carbocycles. The molecule has 0 heterocycles. The Morgan fingerprint density at radius 3 is 2.58 bits per heavy atom. The van der Waals surface area contributed by atoms with Gasteiger partial charge in [0.2, 0.25) is 5.91 Å². The lowest BCUT2D eigenvalue weighted by atomic mass is 9.80. The van der Waals surface area contributed by atoms with Crippen LogP contribution in [0.2, 0.25) is 0 Å². The summed E-state index contributed by atoms with van der Waals surface area (Å²) in [6, 6.07) is 9.05. The minimum absolute atomic E-state index is 0.0227. The molecule has 0 radical (unpaired) electrons. The Morgan fingerprint density at radius 1 is 1.25 bits per heavy atom. The van der Waals surface area contributed by atoms with Crippen LogP contribution in [-0.4, -0.2) is 24.0 Å². The Balaban J connectivity index is 1.88. The van der Waals surface area contributed by atoms with Crippen LogP contribution >= 0.6 is 23.5 Å². The maximum atomic E-state index is 12.3. The summed E-state index contributed by atoms with van der Waals surface area (Å²) in [5, 5.41) is 11.3. The van der Waals surface area contributed by atoms with E-state index in [2.05, 4.69) is 5.32 Å². The summed E-state index contributed by atoms with van der Waals surface area (Å²) in [6.07, 6.45) is 4.05. The molecule has 2 rings (SSSR count). The van der Waals surface area contributed by atoms with Gasteiger partial charge in [-0.05, 0) is 43.0 Å². The number of benzene rings is 1. The number of rotatable bonds is 7. The summed E-state index contributed by atoms with van der Waals surface area (Å²) >= 11 is 2.20. The molecule has 24 heavy (non-hydrogen) atoms. The van der Waals surface area contributed by atoms with Gasteiger partial charge in [0.05, 0.1) is 6.07 Å². The maximum Gasteiger partial charge on any atom is 0.288 e. The third-order valence-corrected chi connectivity index (χ3v) is 6.02. The van der Waals surface area contributed by atoms with Gasteiger partial charge in [0, 0.05) is 21.5 Å². The van der Waals surface area contributed by atoms with Crippen molar-refractivity contribution in [2.45, 2.75) is 41.2 Å². The minimum Gasteiger partial charge on any atom is -0.343 e. The molecule has 3 nitrogen and oxygen atoms in total. The average Bonchev–Trinajstić information content (AvgIpc) is 2.59. The average molecular weight is 370 g/mol. The quantitative estimate of drug-likeness (QED) is 0.565. The van der Waals surface area contributed by atoms with E-state index in [1.165, 1.54) is 0 Å². The van der Waals surface area contributed by atoms with Crippen LogP contribution in [-0.2, 0) is 4.79 Å². The van der Waals surface area contributed by atoms with Crippen LogP contribution in [0.5, 0.6) is 0 Å². The minimum atomic E-state index is -2.40. The number of amides is 1. The topological polar surface area (TPSA) is 52.9 Å². The first-order valence-electron chi connectivity index (χ1n) is 7.92. The van der Waals surface area contributed by atoms with Gasteiger partial charge in [-0.2, -0.15) is 14.0 Å². The monoisotopic (exact) mass is 370 g/mol. The van der Waals surface area contributed by atoms with Crippen LogP contribution in [0.25, 0.3) is 0 Å². The molecule has 0 unspecified atom stereocenters. The molecule has 130 valence electrons. The molecule has 1 aliphatic rings. The highest BCUT2D eigenvalue weighted by Crippen LogP contribution is 2.35. The second kappa shape index (κ2) is 9.90. The van der Waals surface area contributed by atoms with Crippen LogP contribution < -0.4 is 5.32 Å². The lowest BCUT2D eigenvalue weighted by Gasteiger charge is -2.30. The number of carbonyl (C=O) groups excluding carboxylic acids is 1. The highest BCUT2D eigenvalue weighted by molar-refractivity contribution is 7.99. The fourth-order valence-electron chi connectivity index (χ4n) is 2.93. The van der Waals surface area contributed by atoms with Crippen molar-refractivity contribution in [2.75, 3.05) is 12.3 Å². The fraction of sp³-hybridized carbons (Fsp3) is 0.529. The molecule has 1 amide bonds. The van der Waals surface area contributed by atoms with E-state index in [1.807, 2.05) is 18.2 Å². The highest BCUT2D eigenvalue weighted by atomic mass is 32.2. The zero-order valence-corrected chi connectivity index (χ0v) is 14.8. The van der Waals surface area contributed by atoms with Crippen molar-refractivity contribution in [1.29, 1.82) is 5.26 Å². The van der Waals surface area contributed by atoms with E-state index < -0.39 is 5.76 Å². The van der Waals surface area contributed by atoms with E-state index in [-0.39, 0.29) is 24.3 Å². The second-order valence-corrected chi connectivity index (χ2v) is 7.84. The lowest BCUT2D eigenvalue weighted by molar-refractivity contribution is -0.127. The Morgan fingerprint density at radius 2 is 1.92 bits per heavy atom. The van der Waals surface area contributed by atoms with E-state index >= 15 is 0 Å². The number of thioether (sulfide) groups is 2. The second-order valence-electron chi connectivity index (χ2n) is 5.69. The highest BCUT2D eigenvalue weighted by Gasteiger charge is 2.30. The van der Waals surface area contributed by atoms with Gasteiger partial charge in [-0.25, -0.2) is 0 Å². The zero-order valence-electron chi connectivity index (χ0n) is 13.2. The third-order valence-electron chi connectivity index (χ3n) is 4.10. The Labute approximate surface area is 149 Å². The molecular formula is C17H20F2N2OS2. The molecule has 0 saturated heterocycles. The van der Waals surface area contributed by atoms with E-state index in [0.717, 1.165) is 36.3 Å². The number of halogens is 2. The fourth-order valence-corrected chi connectivity index (χ4v) is 4.56. The lowest BCUT2D eigenvalue weighted by Crippen LogP contribution is -2.37. The number of nitrogens with one attached hydrogen (secondary N) is 1. The SMILES string of the molecule is N#CCNC(=O)[C@@H]1CCCC[C@@H]1CSc1ccc(SC(F)F)cc1. The van der Waals surface area contributed by atoms with Gasteiger partial charge in [-0.3, -0.25) is 4.79 Å². The molecular weight excluding hydrogens is 350 g/mol. The summed E-state index contributed by atoms with van der Waals surface area (Å²) in [4.78, 5) is 13.8. The molecule has 1 aromatic carbocycles. The number of carbonyl (C=O) groups is 1. The Kier molecular flexibility index (Phi) is 7.86. The van der Waals surface area contributed by atoms with Gasteiger partial charge in [0.25, 0.3) is 5.76 Å². The van der Waals surface area contributed by atoms with Crippen molar-refractivity contribution in [3.8, 4) is 6.07 Å². The standard InChI is InChI=1S/C17H20F2N2OS2/c18-17(19)24-14-7-5-13(6-8-14)23-11-12-3-1-2-4-15(12)16(22)21-10-9-20/h5-8,12,15,17H,1-4,10-11H2,(H,21,22)/t12-,15-/m1/s1. The normalized spacial score (nSPS) is 20.6. The van der Waals surface area contributed by atoms with E-state index in [0.29, 0.717) is 16.7 Å². The number of nitriles is 1. The molecule has 7 heteroatoms. The molecule has 2 atom stereocenters. The summed E-state index contributed by atoms with van der Waals surface area (Å²) in [5.74, 6) is -1.35. The van der Waals surface area contributed by atoms with Crippen molar-refractivity contribution >= 4 is 29.4 Å². The van der Waals surface area contributed by atoms with Crippen LogP contribution in [0.3, 0.4) is 0 Å². The number of hydrogen-bond donors (Lipinski definition) is 1. The smallest absolute Gasteiger partial charge is 0.288 e. The van der Waals surface area contributed by atoms with Gasteiger partial charge in [0.1, 0.15) is 6.54 Å². The van der Waals surface area contributed by atoms with Crippen molar-refractivity contribution in [2.24, 2.45) is 11.8 Å². The molecule has 0 aliphatic heterocycles. The summed E-state index contributed by atoms with van der Waals surface area (Å²) in [7, 11) is 0. The van der Waals surface area contributed by atoms with E-state index in [4.69, 9.17) is 5.26 Å². The molecule has 0 spiro atoms. The molecule has 1 aromatic rings. The van der Waals surface area contributed by atoms with Crippen molar-refractivity contribution in [3.63, 3.8) is 0 Å². The first-order valence-corrected chi connectivity index (χ1v) is 9.79. The Hall–Kier alpha value is -1.26. The first kappa shape index (κ1) is 19.1. The van der Waals surface area contributed by atoms with Gasteiger partial charge < -0.3 is 5.32 Å². The van der Waals surface area contributed by atoms with E-state index in [9.17, 15) is 13.6 Å². The third kappa shape index (κ3) is 5.99. The molecule has 0 aromatic heterocycles. The van der Waals surface area contributed by atoms with E-state index in [1.54, 1.807) is 23.9 Å². The molecule has 0 bridgehead atoms. The summed E-state index contributed by atoms with van der Waals surface area (Å²) in [6.45, 7) is 0.0540. The predicted molar refractivity (Wildman–Crippen MR) is 93.1 cm³/mol. The van der Waals surface area contributed by atoms with Gasteiger partial charge in [-0.1, -0.05) is 24.6 Å². The van der Waals surface area contributed by atoms with Gasteiger partial charge >= 0.3 is 0 Å². The Bertz CT molecular complexity index is 575. The van der Waals surface area contributed by atoms with Crippen LogP contribution in [0, 0.1) is 23.2 Å². The molecule has 1 N–H and O–H groups in total. The maximum absolute atomic E-state index is 12.3. The van der Waals surface area contributed by atoms with Crippen molar-refractivity contribution in [3.05, 3.63) is 24.3 Å². The van der Waals surface area contributed by atoms with Crippen LogP contribution in [0.4, 0.5) is 8.78 Å². The molecule has 1 aliphatic carbocycles. The molecule has 1 fully saturated rings. The number of hydrogen-bond acceptors (Lipinski definition) is 4. The number of alkyl halides is 2. The van der Waals surface area contributed by atoms with Crippen LogP contribution in [0.1, 0.15) is 25.7 Å². The largest absolute Gasteiger partial charge is 0.343 e. The summed E-state index contributed by atoms with van der Waals surface area (Å²) < 4.78 is 24.6. The van der Waals surface area contributed by atoms with Crippen LogP contribution in [0.15, 0.2) is 34.1 Å². The zero-order chi connectivity index (χ0) is 17.4. The van der Waals surface area contributed by atoms with Crippen molar-refractivity contribution in [1.82, 2.24) is 5.32 Å². The number of nitrogens with zero attached hydrogens (tertiary/aromatic N) is 1. The first-order chi connectivity index (χ1) is 11.6. The van der Waals surface area contributed by atoms with Gasteiger partial charge in [-0.15, -0.1) is 11.8 Å². The van der Waals surface area contributed by atoms with Crippen molar-refractivity contribution < 1.29 is 13.6 Å².